The number of aromatic nitrogens is 2. The Morgan fingerprint density at radius 2 is 1.88 bits per heavy atom. The van der Waals surface area contributed by atoms with Crippen LogP contribution in [0.25, 0.3) is 0 Å². The fourth-order valence-electron chi connectivity index (χ4n) is 2.28. The van der Waals surface area contributed by atoms with Crippen molar-refractivity contribution in [2.75, 3.05) is 12.4 Å². The highest BCUT2D eigenvalue weighted by atomic mass is 32.2. The number of nitrogens with zero attached hydrogens (tertiary/aromatic N) is 3. The number of anilines is 2. The van der Waals surface area contributed by atoms with E-state index >= 15 is 0 Å². The maximum absolute atomic E-state index is 9.45. The third-order valence-corrected chi connectivity index (χ3v) is 5.69. The van der Waals surface area contributed by atoms with Crippen LogP contribution >= 0.6 is 23.1 Å². The van der Waals surface area contributed by atoms with Crippen LogP contribution in [0.5, 0.6) is 5.75 Å². The van der Waals surface area contributed by atoms with Crippen molar-refractivity contribution in [3.8, 4) is 11.8 Å². The summed E-state index contributed by atoms with van der Waals surface area (Å²) in [5.41, 5.74) is 3.28. The van der Waals surface area contributed by atoms with Gasteiger partial charge in [0, 0.05) is 5.69 Å². The minimum absolute atomic E-state index is 0.195. The minimum atomic E-state index is -0.195. The summed E-state index contributed by atoms with van der Waals surface area (Å²) in [7, 11) is 1.64. The number of methoxy groups -OCH3 is 1. The first kappa shape index (κ1) is 18.2. The molecule has 5 nitrogen and oxygen atoms in total. The average Bonchev–Trinajstić information content (AvgIpc) is 3.10. The Labute approximate surface area is 161 Å². The van der Waals surface area contributed by atoms with Crippen molar-refractivity contribution in [2.24, 2.45) is 0 Å². The second-order valence-electron chi connectivity index (χ2n) is 5.65. The SMILES string of the molecule is COc1ccc(Nc2nnc(S[C@H](C#N)Cc3ccc(C)cc3)s2)cc1. The van der Waals surface area contributed by atoms with E-state index in [1.54, 1.807) is 7.11 Å². The number of hydrogen-bond donors (Lipinski definition) is 1. The lowest BCUT2D eigenvalue weighted by molar-refractivity contribution is 0.415. The normalized spacial score (nSPS) is 11.6. The van der Waals surface area contributed by atoms with Crippen molar-refractivity contribution in [1.29, 1.82) is 5.26 Å². The molecule has 0 bridgehead atoms. The summed E-state index contributed by atoms with van der Waals surface area (Å²) in [4.78, 5) is 0. The van der Waals surface area contributed by atoms with Gasteiger partial charge in [0.15, 0.2) is 4.34 Å². The van der Waals surface area contributed by atoms with Crippen molar-refractivity contribution in [3.05, 3.63) is 59.7 Å². The highest BCUT2D eigenvalue weighted by Crippen LogP contribution is 2.31. The van der Waals surface area contributed by atoms with Gasteiger partial charge in [-0.1, -0.05) is 52.9 Å². The van der Waals surface area contributed by atoms with Gasteiger partial charge in [-0.3, -0.25) is 0 Å². The largest absolute Gasteiger partial charge is 0.497 e. The fraction of sp³-hybridized carbons (Fsp3) is 0.211. The van der Waals surface area contributed by atoms with Gasteiger partial charge in [-0.15, -0.1) is 10.2 Å². The summed E-state index contributed by atoms with van der Waals surface area (Å²) in [6.07, 6.45) is 0.683. The molecule has 26 heavy (non-hydrogen) atoms. The third-order valence-electron chi connectivity index (χ3n) is 3.68. The lowest BCUT2D eigenvalue weighted by Gasteiger charge is -2.06. The number of nitriles is 1. The zero-order valence-corrected chi connectivity index (χ0v) is 16.1. The molecule has 0 amide bonds. The summed E-state index contributed by atoms with van der Waals surface area (Å²) in [6.45, 7) is 2.05. The van der Waals surface area contributed by atoms with Crippen molar-refractivity contribution in [2.45, 2.75) is 22.9 Å². The van der Waals surface area contributed by atoms with Crippen LogP contribution in [0.4, 0.5) is 10.8 Å². The van der Waals surface area contributed by atoms with E-state index in [9.17, 15) is 5.26 Å². The molecule has 3 rings (SSSR count). The van der Waals surface area contributed by atoms with Crippen LogP contribution in [0.3, 0.4) is 0 Å². The molecule has 0 unspecified atom stereocenters. The van der Waals surface area contributed by atoms with Crippen molar-refractivity contribution in [1.82, 2.24) is 10.2 Å². The maximum atomic E-state index is 9.45. The van der Waals surface area contributed by atoms with E-state index in [0.29, 0.717) is 11.6 Å². The van der Waals surface area contributed by atoms with Crippen LogP contribution in [0.15, 0.2) is 52.9 Å². The van der Waals surface area contributed by atoms with E-state index in [1.807, 2.05) is 24.3 Å². The Bertz CT molecular complexity index is 885. The topological polar surface area (TPSA) is 70.8 Å². The summed E-state index contributed by atoms with van der Waals surface area (Å²) < 4.78 is 5.93. The smallest absolute Gasteiger partial charge is 0.210 e. The predicted molar refractivity (Wildman–Crippen MR) is 106 cm³/mol. The number of ether oxygens (including phenoxy) is 1. The highest BCUT2D eigenvalue weighted by molar-refractivity contribution is 8.01. The quantitative estimate of drug-likeness (QED) is 0.590. The second-order valence-corrected chi connectivity index (χ2v) is 8.08. The molecule has 2 aromatic carbocycles. The molecule has 1 atom stereocenters. The van der Waals surface area contributed by atoms with Gasteiger partial charge < -0.3 is 10.1 Å². The molecule has 0 aliphatic rings. The summed E-state index contributed by atoms with van der Waals surface area (Å²) >= 11 is 2.89. The zero-order valence-electron chi connectivity index (χ0n) is 14.5. The van der Waals surface area contributed by atoms with Crippen LogP contribution in [-0.2, 0) is 6.42 Å². The Kier molecular flexibility index (Phi) is 6.10. The zero-order chi connectivity index (χ0) is 18.4. The highest BCUT2D eigenvalue weighted by Gasteiger charge is 2.14. The Balaban J connectivity index is 1.60. The van der Waals surface area contributed by atoms with Gasteiger partial charge >= 0.3 is 0 Å². The van der Waals surface area contributed by atoms with Crippen molar-refractivity contribution < 1.29 is 4.74 Å². The minimum Gasteiger partial charge on any atom is -0.497 e. The molecule has 0 fully saturated rings. The summed E-state index contributed by atoms with van der Waals surface area (Å²) in [6, 6.07) is 18.2. The van der Waals surface area contributed by atoms with Crippen LogP contribution in [0, 0.1) is 18.3 Å². The lowest BCUT2D eigenvalue weighted by Crippen LogP contribution is -2.03. The van der Waals surface area contributed by atoms with Crippen LogP contribution in [-0.4, -0.2) is 22.6 Å². The first-order valence-corrected chi connectivity index (χ1v) is 9.72. The number of rotatable bonds is 7. The first-order chi connectivity index (χ1) is 12.7. The molecule has 0 saturated heterocycles. The number of aryl methyl sites for hydroxylation is 1. The van der Waals surface area contributed by atoms with Gasteiger partial charge in [0.1, 0.15) is 11.0 Å². The molecule has 1 N–H and O–H groups in total. The molecule has 3 aromatic rings. The van der Waals surface area contributed by atoms with Gasteiger partial charge in [0.05, 0.1) is 13.2 Å². The molecule has 1 aromatic heterocycles. The van der Waals surface area contributed by atoms with Gasteiger partial charge in [0.2, 0.25) is 5.13 Å². The number of benzene rings is 2. The molecule has 0 spiro atoms. The molecule has 0 aliphatic carbocycles. The first-order valence-electron chi connectivity index (χ1n) is 8.02. The number of nitrogens with one attached hydrogen (secondary N) is 1. The summed E-state index contributed by atoms with van der Waals surface area (Å²) in [5, 5.41) is 21.5. The maximum Gasteiger partial charge on any atom is 0.210 e. The molecule has 0 saturated carbocycles. The van der Waals surface area contributed by atoms with Gasteiger partial charge in [-0.25, -0.2) is 0 Å². The molecule has 0 radical (unpaired) electrons. The van der Waals surface area contributed by atoms with E-state index in [0.717, 1.165) is 21.3 Å². The Morgan fingerprint density at radius 1 is 1.15 bits per heavy atom. The number of hydrogen-bond acceptors (Lipinski definition) is 7. The van der Waals surface area contributed by atoms with E-state index in [4.69, 9.17) is 4.74 Å². The van der Waals surface area contributed by atoms with E-state index in [1.165, 1.54) is 28.7 Å². The third kappa shape index (κ3) is 4.97. The van der Waals surface area contributed by atoms with E-state index < -0.39 is 0 Å². The van der Waals surface area contributed by atoms with Gasteiger partial charge in [-0.05, 0) is 43.2 Å². The second kappa shape index (κ2) is 8.70. The summed E-state index contributed by atoms with van der Waals surface area (Å²) in [5.74, 6) is 0.803. The Hall–Kier alpha value is -2.56. The van der Waals surface area contributed by atoms with Crippen molar-refractivity contribution >= 4 is 33.9 Å². The van der Waals surface area contributed by atoms with E-state index in [2.05, 4.69) is 52.8 Å². The number of thioether (sulfide) groups is 1. The van der Waals surface area contributed by atoms with E-state index in [-0.39, 0.29) is 5.25 Å². The average molecular weight is 383 g/mol. The molecule has 1 heterocycles. The predicted octanol–water partition coefficient (Wildman–Crippen LogP) is 4.83. The van der Waals surface area contributed by atoms with Crippen LogP contribution < -0.4 is 10.1 Å². The molecular weight excluding hydrogens is 364 g/mol. The molecule has 0 aliphatic heterocycles. The fourth-order valence-corrected chi connectivity index (χ4v) is 4.21. The molecular formula is C19H18N4OS2. The van der Waals surface area contributed by atoms with Gasteiger partial charge in [0.25, 0.3) is 0 Å². The molecule has 132 valence electrons. The van der Waals surface area contributed by atoms with Crippen molar-refractivity contribution in [3.63, 3.8) is 0 Å². The van der Waals surface area contributed by atoms with Crippen LogP contribution in [0.1, 0.15) is 11.1 Å². The standard InChI is InChI=1S/C19H18N4OS2/c1-13-3-5-14(6-4-13)11-17(12-20)25-19-23-22-18(26-19)21-15-7-9-16(24-2)10-8-15/h3-10,17H,11H2,1-2H3,(H,21,22)/t17-/m0/s1. The Morgan fingerprint density at radius 3 is 2.54 bits per heavy atom. The van der Waals surface area contributed by atoms with Gasteiger partial charge in [-0.2, -0.15) is 5.26 Å². The molecule has 7 heteroatoms. The monoisotopic (exact) mass is 382 g/mol. The lowest BCUT2D eigenvalue weighted by atomic mass is 10.1. The van der Waals surface area contributed by atoms with Crippen LogP contribution in [0.2, 0.25) is 0 Å².